The van der Waals surface area contributed by atoms with Crippen LogP contribution in [0.15, 0.2) is 6.07 Å². The Bertz CT molecular complexity index is 586. The molecule has 0 bridgehead atoms. The second-order valence-corrected chi connectivity index (χ2v) is 7.37. The van der Waals surface area contributed by atoms with Gasteiger partial charge in [0.05, 0.1) is 16.3 Å². The van der Waals surface area contributed by atoms with E-state index in [0.717, 1.165) is 0 Å². The van der Waals surface area contributed by atoms with Crippen LogP contribution in [0.1, 0.15) is 0 Å². The van der Waals surface area contributed by atoms with Gasteiger partial charge in [0, 0.05) is 26.2 Å². The Balaban J connectivity index is 2.16. The van der Waals surface area contributed by atoms with Gasteiger partial charge in [-0.1, -0.05) is 34.8 Å². The summed E-state index contributed by atoms with van der Waals surface area (Å²) in [6.45, 7) is 1.82. The first-order valence-electron chi connectivity index (χ1n) is 5.50. The number of hydrogen-bond donors (Lipinski definition) is 0. The first kappa shape index (κ1) is 15.1. The molecular weight excluding hydrogens is 333 g/mol. The highest BCUT2D eigenvalue weighted by atomic mass is 35.5. The van der Waals surface area contributed by atoms with E-state index < -0.39 is 10.0 Å². The zero-order chi connectivity index (χ0) is 14.2. The normalized spacial score (nSPS) is 17.8. The lowest BCUT2D eigenvalue weighted by Crippen LogP contribution is -2.48. The Labute approximate surface area is 127 Å². The molecule has 19 heavy (non-hydrogen) atoms. The van der Waals surface area contributed by atoms with Gasteiger partial charge in [0.2, 0.25) is 10.0 Å². The Morgan fingerprint density at radius 1 is 1.11 bits per heavy atom. The van der Waals surface area contributed by atoms with Gasteiger partial charge < -0.3 is 4.90 Å². The predicted octanol–water partition coefficient (Wildman–Crippen LogP) is 2.12. The molecule has 106 valence electrons. The summed E-state index contributed by atoms with van der Waals surface area (Å²) < 4.78 is 24.3. The van der Waals surface area contributed by atoms with Crippen LogP contribution < -0.4 is 4.90 Å². The molecule has 0 aromatic carbocycles. The van der Waals surface area contributed by atoms with Crippen molar-refractivity contribution >= 4 is 50.6 Å². The zero-order valence-corrected chi connectivity index (χ0v) is 13.2. The van der Waals surface area contributed by atoms with E-state index >= 15 is 0 Å². The first-order valence-corrected chi connectivity index (χ1v) is 8.49. The van der Waals surface area contributed by atoms with Gasteiger partial charge in [-0.15, -0.1) is 0 Å². The van der Waals surface area contributed by atoms with Gasteiger partial charge in [0.1, 0.15) is 11.0 Å². The maximum Gasteiger partial charge on any atom is 0.211 e. The molecule has 2 rings (SSSR count). The Hall–Kier alpha value is -0.270. The minimum Gasteiger partial charge on any atom is -0.353 e. The van der Waals surface area contributed by atoms with Crippen LogP contribution in [0.5, 0.6) is 0 Å². The summed E-state index contributed by atoms with van der Waals surface area (Å²) in [7, 11) is -3.15. The van der Waals surface area contributed by atoms with E-state index in [0.29, 0.717) is 42.0 Å². The molecule has 0 saturated carbocycles. The SMILES string of the molecule is CS(=O)(=O)N1CCN(c2nc(Cl)c(Cl)cc2Cl)CC1. The molecule has 0 atom stereocenters. The maximum absolute atomic E-state index is 11.4. The van der Waals surface area contributed by atoms with Crippen LogP contribution >= 0.6 is 34.8 Å². The third-order valence-electron chi connectivity index (χ3n) is 2.88. The molecule has 0 aliphatic carbocycles. The molecule has 2 heterocycles. The highest BCUT2D eigenvalue weighted by molar-refractivity contribution is 7.88. The lowest BCUT2D eigenvalue weighted by Gasteiger charge is -2.34. The average molecular weight is 345 g/mol. The molecule has 1 aromatic rings. The van der Waals surface area contributed by atoms with Crippen molar-refractivity contribution < 1.29 is 8.42 Å². The topological polar surface area (TPSA) is 53.5 Å². The summed E-state index contributed by atoms with van der Waals surface area (Å²) in [6, 6.07) is 1.54. The van der Waals surface area contributed by atoms with Crippen molar-refractivity contribution in [2.45, 2.75) is 0 Å². The molecular formula is C10H12Cl3N3O2S. The summed E-state index contributed by atoms with van der Waals surface area (Å²) in [5.41, 5.74) is 0. The first-order chi connectivity index (χ1) is 8.79. The van der Waals surface area contributed by atoms with Crippen LogP contribution in [0.3, 0.4) is 0 Å². The Kier molecular flexibility index (Phi) is 4.47. The third kappa shape index (κ3) is 3.44. The van der Waals surface area contributed by atoms with Crippen LogP contribution in [0, 0.1) is 0 Å². The predicted molar refractivity (Wildman–Crippen MR) is 77.9 cm³/mol. The van der Waals surface area contributed by atoms with Gasteiger partial charge in [-0.25, -0.2) is 13.4 Å². The summed E-state index contributed by atoms with van der Waals surface area (Å²) in [5, 5.41) is 0.888. The number of nitrogens with zero attached hydrogens (tertiary/aromatic N) is 3. The van der Waals surface area contributed by atoms with Crippen molar-refractivity contribution in [1.82, 2.24) is 9.29 Å². The number of aromatic nitrogens is 1. The fourth-order valence-electron chi connectivity index (χ4n) is 1.89. The van der Waals surface area contributed by atoms with Gasteiger partial charge in [-0.3, -0.25) is 0 Å². The fraction of sp³-hybridized carbons (Fsp3) is 0.500. The van der Waals surface area contributed by atoms with Crippen molar-refractivity contribution in [2.75, 3.05) is 37.3 Å². The van der Waals surface area contributed by atoms with Crippen molar-refractivity contribution in [2.24, 2.45) is 0 Å². The minimum absolute atomic E-state index is 0.187. The molecule has 0 amide bonds. The molecule has 1 fully saturated rings. The number of piperazine rings is 1. The quantitative estimate of drug-likeness (QED) is 0.771. The molecule has 0 radical (unpaired) electrons. The molecule has 0 unspecified atom stereocenters. The highest BCUT2D eigenvalue weighted by Gasteiger charge is 2.25. The lowest BCUT2D eigenvalue weighted by molar-refractivity contribution is 0.387. The Morgan fingerprint density at radius 3 is 2.21 bits per heavy atom. The van der Waals surface area contributed by atoms with Crippen molar-refractivity contribution in [1.29, 1.82) is 0 Å². The fourth-order valence-corrected chi connectivity index (χ4v) is 3.33. The van der Waals surface area contributed by atoms with Crippen molar-refractivity contribution in [3.05, 3.63) is 21.3 Å². The summed E-state index contributed by atoms with van der Waals surface area (Å²) in [4.78, 5) is 6.04. The van der Waals surface area contributed by atoms with Crippen LogP contribution in [0.25, 0.3) is 0 Å². The summed E-state index contributed by atoms with van der Waals surface area (Å²) in [5.74, 6) is 0.532. The van der Waals surface area contributed by atoms with Crippen LogP contribution in [0.2, 0.25) is 15.2 Å². The van der Waals surface area contributed by atoms with E-state index in [1.807, 2.05) is 4.90 Å². The van der Waals surface area contributed by atoms with E-state index in [-0.39, 0.29) is 5.15 Å². The number of hydrogen-bond acceptors (Lipinski definition) is 4. The second-order valence-electron chi connectivity index (χ2n) is 4.22. The standard InChI is InChI=1S/C10H12Cl3N3O2S/c1-19(17,18)16-4-2-15(3-5-16)10-8(12)6-7(11)9(13)14-10/h6H,2-5H2,1H3. The number of pyridine rings is 1. The van der Waals surface area contributed by atoms with Gasteiger partial charge in [-0.05, 0) is 6.07 Å². The number of anilines is 1. The third-order valence-corrected chi connectivity index (χ3v) is 5.13. The maximum atomic E-state index is 11.4. The largest absolute Gasteiger partial charge is 0.353 e. The second kappa shape index (κ2) is 5.61. The van der Waals surface area contributed by atoms with E-state index in [4.69, 9.17) is 34.8 Å². The minimum atomic E-state index is -3.15. The van der Waals surface area contributed by atoms with E-state index in [2.05, 4.69) is 4.98 Å². The van der Waals surface area contributed by atoms with E-state index in [9.17, 15) is 8.42 Å². The smallest absolute Gasteiger partial charge is 0.211 e. The van der Waals surface area contributed by atoms with E-state index in [1.165, 1.54) is 16.6 Å². The van der Waals surface area contributed by atoms with Crippen molar-refractivity contribution in [3.63, 3.8) is 0 Å². The zero-order valence-electron chi connectivity index (χ0n) is 10.1. The number of sulfonamides is 1. The van der Waals surface area contributed by atoms with Crippen molar-refractivity contribution in [3.8, 4) is 0 Å². The van der Waals surface area contributed by atoms with Gasteiger partial charge in [0.15, 0.2) is 0 Å². The molecule has 1 aliphatic heterocycles. The van der Waals surface area contributed by atoms with Crippen LogP contribution in [-0.4, -0.2) is 50.1 Å². The molecule has 0 spiro atoms. The molecule has 1 aromatic heterocycles. The summed E-state index contributed by atoms with van der Waals surface area (Å²) in [6.07, 6.45) is 1.20. The van der Waals surface area contributed by atoms with Gasteiger partial charge in [0.25, 0.3) is 0 Å². The summed E-state index contributed by atoms with van der Waals surface area (Å²) >= 11 is 17.8. The molecule has 1 saturated heterocycles. The molecule has 0 N–H and O–H groups in total. The van der Waals surface area contributed by atoms with Gasteiger partial charge >= 0.3 is 0 Å². The average Bonchev–Trinajstić information content (AvgIpc) is 2.33. The molecule has 1 aliphatic rings. The van der Waals surface area contributed by atoms with Gasteiger partial charge in [-0.2, -0.15) is 4.31 Å². The Morgan fingerprint density at radius 2 is 1.68 bits per heavy atom. The molecule has 9 heteroatoms. The lowest BCUT2D eigenvalue weighted by atomic mass is 10.3. The number of rotatable bonds is 2. The number of halogens is 3. The monoisotopic (exact) mass is 343 g/mol. The van der Waals surface area contributed by atoms with E-state index in [1.54, 1.807) is 0 Å². The highest BCUT2D eigenvalue weighted by Crippen LogP contribution is 2.31. The molecule has 5 nitrogen and oxygen atoms in total. The van der Waals surface area contributed by atoms with Crippen LogP contribution in [-0.2, 0) is 10.0 Å². The van der Waals surface area contributed by atoms with Crippen LogP contribution in [0.4, 0.5) is 5.82 Å².